The zero-order valence-electron chi connectivity index (χ0n) is 15.0. The number of hydrogen-bond donors (Lipinski definition) is 2. The molecule has 3 atom stereocenters. The molecule has 1 saturated carbocycles. The summed E-state index contributed by atoms with van der Waals surface area (Å²) in [5.41, 5.74) is 2.12. The first kappa shape index (κ1) is 17.3. The maximum Gasteiger partial charge on any atom is 0.194 e. The van der Waals surface area contributed by atoms with E-state index in [1.165, 1.54) is 31.2 Å². The van der Waals surface area contributed by atoms with E-state index in [4.69, 9.17) is 4.99 Å². The molecule has 24 heavy (non-hydrogen) atoms. The van der Waals surface area contributed by atoms with Crippen molar-refractivity contribution < 1.29 is 5.11 Å². The van der Waals surface area contributed by atoms with E-state index in [9.17, 15) is 5.11 Å². The lowest BCUT2D eigenvalue weighted by Gasteiger charge is -2.22. The molecule has 1 heterocycles. The van der Waals surface area contributed by atoms with Crippen molar-refractivity contribution in [2.24, 2.45) is 16.8 Å². The molecule has 3 rings (SSSR count). The van der Waals surface area contributed by atoms with E-state index in [2.05, 4.69) is 30.1 Å². The fraction of sp³-hybridized carbons (Fsp3) is 0.650. The summed E-state index contributed by atoms with van der Waals surface area (Å²) in [5, 5.41) is 13.9. The maximum absolute atomic E-state index is 10.5. The van der Waals surface area contributed by atoms with Crippen molar-refractivity contribution in [1.29, 1.82) is 0 Å². The monoisotopic (exact) mass is 329 g/mol. The average molecular weight is 329 g/mol. The summed E-state index contributed by atoms with van der Waals surface area (Å²) in [5.74, 6) is 2.65. The number of aliphatic imine (C=N–C) groups is 1. The van der Waals surface area contributed by atoms with Crippen molar-refractivity contribution in [1.82, 2.24) is 10.2 Å². The van der Waals surface area contributed by atoms with E-state index in [1.807, 2.05) is 18.2 Å². The van der Waals surface area contributed by atoms with E-state index in [0.29, 0.717) is 6.54 Å². The second-order valence-corrected chi connectivity index (χ2v) is 7.33. The number of benzene rings is 1. The Kier molecular flexibility index (Phi) is 5.77. The molecule has 4 heteroatoms. The number of fused-ring (bicyclic) bond motifs is 1. The Morgan fingerprint density at radius 3 is 2.62 bits per heavy atom. The first-order valence-corrected chi connectivity index (χ1v) is 9.45. The van der Waals surface area contributed by atoms with Gasteiger partial charge in [-0.25, -0.2) is 0 Å². The van der Waals surface area contributed by atoms with E-state index >= 15 is 0 Å². The van der Waals surface area contributed by atoms with Crippen LogP contribution in [0.4, 0.5) is 0 Å². The highest BCUT2D eigenvalue weighted by molar-refractivity contribution is 5.80. The zero-order chi connectivity index (χ0) is 16.9. The molecule has 3 unspecified atom stereocenters. The summed E-state index contributed by atoms with van der Waals surface area (Å²) in [7, 11) is 0. The number of guanidine groups is 1. The third-order valence-electron chi connectivity index (χ3n) is 5.45. The summed E-state index contributed by atoms with van der Waals surface area (Å²) in [6.07, 6.45) is 4.96. The van der Waals surface area contributed by atoms with Gasteiger partial charge in [-0.05, 0) is 44.1 Å². The highest BCUT2D eigenvalue weighted by Gasteiger charge is 2.35. The van der Waals surface area contributed by atoms with Crippen molar-refractivity contribution in [3.63, 3.8) is 0 Å². The number of nitrogens with zero attached hydrogens (tertiary/aromatic N) is 2. The summed E-state index contributed by atoms with van der Waals surface area (Å²) in [6, 6.07) is 8.06. The minimum absolute atomic E-state index is 0.414. The average Bonchev–Trinajstić information content (AvgIpc) is 3.02. The summed E-state index contributed by atoms with van der Waals surface area (Å²) in [6.45, 7) is 7.68. The Balaban J connectivity index is 1.65. The molecule has 1 aromatic rings. The van der Waals surface area contributed by atoms with E-state index in [1.54, 1.807) is 0 Å². The lowest BCUT2D eigenvalue weighted by Crippen LogP contribution is -2.40. The molecule has 0 radical (unpaired) electrons. The number of aliphatic hydroxyl groups is 1. The molecule has 1 saturated heterocycles. The number of nitrogens with one attached hydrogen (secondary N) is 1. The first-order chi connectivity index (χ1) is 11.7. The van der Waals surface area contributed by atoms with Crippen LogP contribution in [0.5, 0.6) is 0 Å². The van der Waals surface area contributed by atoms with Gasteiger partial charge in [-0.15, -0.1) is 0 Å². The Labute approximate surface area is 146 Å². The van der Waals surface area contributed by atoms with Crippen LogP contribution in [0.1, 0.15) is 49.8 Å². The van der Waals surface area contributed by atoms with Crippen LogP contribution in [-0.2, 0) is 0 Å². The molecule has 2 aliphatic rings. The van der Waals surface area contributed by atoms with Gasteiger partial charge in [0.2, 0.25) is 0 Å². The molecule has 0 spiro atoms. The highest BCUT2D eigenvalue weighted by atomic mass is 16.3. The lowest BCUT2D eigenvalue weighted by molar-refractivity contribution is 0.186. The van der Waals surface area contributed by atoms with Crippen LogP contribution in [-0.4, -0.2) is 42.1 Å². The van der Waals surface area contributed by atoms with Crippen molar-refractivity contribution in [3.8, 4) is 0 Å². The van der Waals surface area contributed by atoms with Crippen LogP contribution in [0, 0.1) is 18.8 Å². The minimum Gasteiger partial charge on any atom is -0.386 e. The van der Waals surface area contributed by atoms with Crippen LogP contribution in [0.2, 0.25) is 0 Å². The first-order valence-electron chi connectivity index (χ1n) is 9.45. The molecule has 132 valence electrons. The van der Waals surface area contributed by atoms with Gasteiger partial charge in [0.05, 0.1) is 12.6 Å². The van der Waals surface area contributed by atoms with E-state index in [0.717, 1.165) is 43.0 Å². The minimum atomic E-state index is -0.538. The van der Waals surface area contributed by atoms with Crippen molar-refractivity contribution in [3.05, 3.63) is 35.4 Å². The lowest BCUT2D eigenvalue weighted by atomic mass is 9.82. The second kappa shape index (κ2) is 8.02. The summed E-state index contributed by atoms with van der Waals surface area (Å²) >= 11 is 0. The standard InChI is InChI=1S/C20H31N3O/c1-3-21-20(23-13-17-8-4-5-9-18(17)14-23)22-12-19(24)16-10-6-7-15(2)11-16/h6-7,10-11,17-19,24H,3-5,8-9,12-14H2,1-2H3,(H,21,22). The molecule has 0 amide bonds. The molecule has 0 bridgehead atoms. The smallest absolute Gasteiger partial charge is 0.194 e. The number of rotatable bonds is 4. The molecule has 1 aliphatic heterocycles. The van der Waals surface area contributed by atoms with Gasteiger partial charge in [0, 0.05) is 19.6 Å². The number of likely N-dealkylation sites (tertiary alicyclic amines) is 1. The van der Waals surface area contributed by atoms with Crippen molar-refractivity contribution >= 4 is 5.96 Å². The predicted octanol–water partition coefficient (Wildman–Crippen LogP) is 3.12. The number of aryl methyl sites for hydroxylation is 1. The van der Waals surface area contributed by atoms with Gasteiger partial charge in [0.15, 0.2) is 5.96 Å². The Morgan fingerprint density at radius 1 is 1.29 bits per heavy atom. The molecular weight excluding hydrogens is 298 g/mol. The van der Waals surface area contributed by atoms with Crippen LogP contribution in [0.15, 0.2) is 29.3 Å². The van der Waals surface area contributed by atoms with Crippen LogP contribution >= 0.6 is 0 Å². The molecule has 1 aromatic carbocycles. The molecule has 4 nitrogen and oxygen atoms in total. The highest BCUT2D eigenvalue weighted by Crippen LogP contribution is 2.36. The maximum atomic E-state index is 10.5. The van der Waals surface area contributed by atoms with Crippen molar-refractivity contribution in [2.45, 2.75) is 45.6 Å². The molecule has 2 fully saturated rings. The van der Waals surface area contributed by atoms with Gasteiger partial charge in [0.25, 0.3) is 0 Å². The SMILES string of the molecule is CCNC(=NCC(O)c1cccc(C)c1)N1CC2CCCCC2C1. The quantitative estimate of drug-likeness (QED) is 0.659. The molecule has 2 N–H and O–H groups in total. The Hall–Kier alpha value is -1.55. The molecular formula is C20H31N3O. The van der Waals surface area contributed by atoms with Crippen LogP contribution < -0.4 is 5.32 Å². The molecule has 0 aromatic heterocycles. The zero-order valence-corrected chi connectivity index (χ0v) is 15.0. The van der Waals surface area contributed by atoms with Gasteiger partial charge in [-0.1, -0.05) is 42.7 Å². The van der Waals surface area contributed by atoms with Gasteiger partial charge in [-0.3, -0.25) is 4.99 Å². The van der Waals surface area contributed by atoms with Gasteiger partial charge in [0.1, 0.15) is 0 Å². The summed E-state index contributed by atoms with van der Waals surface area (Å²) in [4.78, 5) is 7.15. The normalized spacial score (nSPS) is 25.5. The fourth-order valence-electron chi connectivity index (χ4n) is 4.16. The number of aliphatic hydroxyl groups excluding tert-OH is 1. The Bertz CT molecular complexity index is 558. The Morgan fingerprint density at radius 2 is 2.00 bits per heavy atom. The second-order valence-electron chi connectivity index (χ2n) is 7.33. The van der Waals surface area contributed by atoms with Gasteiger partial charge in [-0.2, -0.15) is 0 Å². The predicted molar refractivity (Wildman–Crippen MR) is 99.1 cm³/mol. The topological polar surface area (TPSA) is 47.9 Å². The largest absolute Gasteiger partial charge is 0.386 e. The summed E-state index contributed by atoms with van der Waals surface area (Å²) < 4.78 is 0. The van der Waals surface area contributed by atoms with E-state index in [-0.39, 0.29) is 0 Å². The van der Waals surface area contributed by atoms with E-state index < -0.39 is 6.10 Å². The van der Waals surface area contributed by atoms with Crippen molar-refractivity contribution in [2.75, 3.05) is 26.2 Å². The van der Waals surface area contributed by atoms with Crippen LogP contribution in [0.3, 0.4) is 0 Å². The van der Waals surface area contributed by atoms with Crippen LogP contribution in [0.25, 0.3) is 0 Å². The third kappa shape index (κ3) is 4.10. The fourth-order valence-corrected chi connectivity index (χ4v) is 4.16. The van der Waals surface area contributed by atoms with Gasteiger partial charge >= 0.3 is 0 Å². The molecule has 1 aliphatic carbocycles. The third-order valence-corrected chi connectivity index (χ3v) is 5.45. The van der Waals surface area contributed by atoms with Gasteiger partial charge < -0.3 is 15.3 Å². The number of hydrogen-bond acceptors (Lipinski definition) is 2.